The van der Waals surface area contributed by atoms with E-state index in [-0.39, 0.29) is 11.7 Å². The van der Waals surface area contributed by atoms with E-state index in [2.05, 4.69) is 10.5 Å². The Morgan fingerprint density at radius 3 is 2.72 bits per heavy atom. The molecule has 1 unspecified atom stereocenters. The summed E-state index contributed by atoms with van der Waals surface area (Å²) in [5, 5.41) is 15.5. The first-order valence-corrected chi connectivity index (χ1v) is 7.62. The molecule has 0 radical (unpaired) electrons. The Hall–Kier alpha value is -0.910. The van der Waals surface area contributed by atoms with Crippen molar-refractivity contribution in [1.29, 1.82) is 0 Å². The SMILES string of the molecule is NC(=NO)C1(C(=O)NCC2CCCS2)CCCC1. The molecule has 2 fully saturated rings. The number of oxime groups is 1. The first-order valence-electron chi connectivity index (χ1n) is 6.57. The molecule has 18 heavy (non-hydrogen) atoms. The minimum absolute atomic E-state index is 0.0663. The van der Waals surface area contributed by atoms with Crippen molar-refractivity contribution in [3.8, 4) is 0 Å². The van der Waals surface area contributed by atoms with Crippen molar-refractivity contribution in [2.45, 2.75) is 43.8 Å². The van der Waals surface area contributed by atoms with Crippen molar-refractivity contribution < 1.29 is 10.0 Å². The van der Waals surface area contributed by atoms with Crippen molar-refractivity contribution in [1.82, 2.24) is 5.32 Å². The van der Waals surface area contributed by atoms with Gasteiger partial charge < -0.3 is 16.3 Å². The van der Waals surface area contributed by atoms with E-state index in [9.17, 15) is 4.79 Å². The van der Waals surface area contributed by atoms with E-state index in [0.717, 1.165) is 12.8 Å². The van der Waals surface area contributed by atoms with Crippen LogP contribution >= 0.6 is 11.8 Å². The standard InChI is InChI=1S/C12H21N3O2S/c13-10(15-17)12(5-1-2-6-12)11(16)14-8-9-4-3-7-18-9/h9,17H,1-8H2,(H2,13,15)(H,14,16). The first kappa shape index (κ1) is 13.5. The number of nitrogens with one attached hydrogen (secondary N) is 1. The fraction of sp³-hybridized carbons (Fsp3) is 0.833. The van der Waals surface area contributed by atoms with Gasteiger partial charge in [-0.25, -0.2) is 0 Å². The highest BCUT2D eigenvalue weighted by Crippen LogP contribution is 2.38. The van der Waals surface area contributed by atoms with Crippen molar-refractivity contribution in [2.24, 2.45) is 16.3 Å². The number of carbonyl (C=O) groups is 1. The van der Waals surface area contributed by atoms with E-state index in [1.165, 1.54) is 18.6 Å². The maximum absolute atomic E-state index is 12.3. The van der Waals surface area contributed by atoms with Crippen LogP contribution in [0, 0.1) is 5.41 Å². The van der Waals surface area contributed by atoms with Gasteiger partial charge in [0.1, 0.15) is 5.41 Å². The van der Waals surface area contributed by atoms with Crippen LogP contribution in [-0.2, 0) is 4.79 Å². The Labute approximate surface area is 112 Å². The molecule has 5 nitrogen and oxygen atoms in total. The van der Waals surface area contributed by atoms with Crippen LogP contribution in [0.25, 0.3) is 0 Å². The van der Waals surface area contributed by atoms with Crippen molar-refractivity contribution in [2.75, 3.05) is 12.3 Å². The van der Waals surface area contributed by atoms with Crippen LogP contribution in [0.3, 0.4) is 0 Å². The van der Waals surface area contributed by atoms with Gasteiger partial charge in [0.15, 0.2) is 5.84 Å². The second kappa shape index (κ2) is 5.82. The smallest absolute Gasteiger partial charge is 0.233 e. The van der Waals surface area contributed by atoms with Crippen LogP contribution in [0.2, 0.25) is 0 Å². The lowest BCUT2D eigenvalue weighted by molar-refractivity contribution is -0.127. The van der Waals surface area contributed by atoms with Gasteiger partial charge >= 0.3 is 0 Å². The van der Waals surface area contributed by atoms with Crippen LogP contribution in [-0.4, -0.2) is 34.5 Å². The summed E-state index contributed by atoms with van der Waals surface area (Å²) in [5.41, 5.74) is 4.97. The molecule has 1 atom stereocenters. The highest BCUT2D eigenvalue weighted by molar-refractivity contribution is 8.00. The Balaban J connectivity index is 1.95. The summed E-state index contributed by atoms with van der Waals surface area (Å²) in [6.45, 7) is 0.698. The largest absolute Gasteiger partial charge is 0.409 e. The number of hydrogen-bond acceptors (Lipinski definition) is 4. The summed E-state index contributed by atoms with van der Waals surface area (Å²) in [7, 11) is 0. The monoisotopic (exact) mass is 271 g/mol. The third-order valence-electron chi connectivity index (χ3n) is 4.00. The van der Waals surface area contributed by atoms with Crippen LogP contribution in [0.1, 0.15) is 38.5 Å². The molecule has 1 saturated heterocycles. The zero-order valence-electron chi connectivity index (χ0n) is 10.5. The molecule has 2 aliphatic rings. The minimum Gasteiger partial charge on any atom is -0.409 e. The molecule has 1 aliphatic carbocycles. The maximum atomic E-state index is 12.3. The fourth-order valence-corrected chi connectivity index (χ4v) is 4.06. The molecule has 0 aromatic rings. The molecule has 6 heteroatoms. The third kappa shape index (κ3) is 2.58. The van der Waals surface area contributed by atoms with Crippen molar-refractivity contribution >= 4 is 23.5 Å². The van der Waals surface area contributed by atoms with Gasteiger partial charge in [-0.3, -0.25) is 4.79 Å². The number of hydrogen-bond donors (Lipinski definition) is 3. The number of rotatable bonds is 4. The summed E-state index contributed by atoms with van der Waals surface area (Å²) in [4.78, 5) is 12.3. The lowest BCUT2D eigenvalue weighted by Gasteiger charge is -2.26. The van der Waals surface area contributed by atoms with Crippen molar-refractivity contribution in [3.63, 3.8) is 0 Å². The summed E-state index contributed by atoms with van der Waals surface area (Å²) < 4.78 is 0. The highest BCUT2D eigenvalue weighted by atomic mass is 32.2. The zero-order valence-corrected chi connectivity index (χ0v) is 11.3. The van der Waals surface area contributed by atoms with E-state index in [1.54, 1.807) is 0 Å². The Morgan fingerprint density at radius 1 is 1.44 bits per heavy atom. The molecule has 0 aromatic carbocycles. The number of thioether (sulfide) groups is 1. The molecule has 1 saturated carbocycles. The summed E-state index contributed by atoms with van der Waals surface area (Å²) in [6, 6.07) is 0. The number of amides is 1. The molecule has 4 N–H and O–H groups in total. The van der Waals surface area contributed by atoms with Gasteiger partial charge in [-0.05, 0) is 31.4 Å². The predicted octanol–water partition coefficient (Wildman–Crippen LogP) is 1.30. The topological polar surface area (TPSA) is 87.7 Å². The van der Waals surface area contributed by atoms with Crippen molar-refractivity contribution in [3.05, 3.63) is 0 Å². The summed E-state index contributed by atoms with van der Waals surface area (Å²) in [5.74, 6) is 1.19. The van der Waals surface area contributed by atoms with Gasteiger partial charge in [-0.1, -0.05) is 18.0 Å². The van der Waals surface area contributed by atoms with Gasteiger partial charge in [0.05, 0.1) is 0 Å². The average Bonchev–Trinajstić information content (AvgIpc) is 3.06. The molecule has 0 bridgehead atoms. The van der Waals surface area contributed by atoms with Gasteiger partial charge in [-0.15, -0.1) is 0 Å². The number of amidine groups is 1. The van der Waals surface area contributed by atoms with Gasteiger partial charge in [0.2, 0.25) is 5.91 Å². The normalized spacial score (nSPS) is 27.3. The number of nitrogens with two attached hydrogens (primary N) is 1. The lowest BCUT2D eigenvalue weighted by atomic mass is 9.84. The molecule has 0 aromatic heterocycles. The maximum Gasteiger partial charge on any atom is 0.233 e. The minimum atomic E-state index is -0.766. The molecule has 1 heterocycles. The van der Waals surface area contributed by atoms with E-state index >= 15 is 0 Å². The predicted molar refractivity (Wildman–Crippen MR) is 72.8 cm³/mol. The van der Waals surface area contributed by atoms with Crippen LogP contribution in [0.4, 0.5) is 0 Å². The van der Waals surface area contributed by atoms with E-state index < -0.39 is 5.41 Å². The molecular weight excluding hydrogens is 250 g/mol. The number of nitrogens with zero attached hydrogens (tertiary/aromatic N) is 1. The molecule has 1 amide bonds. The molecule has 1 aliphatic heterocycles. The Kier molecular flexibility index (Phi) is 4.37. The van der Waals surface area contributed by atoms with E-state index in [4.69, 9.17) is 10.9 Å². The number of carbonyl (C=O) groups excluding carboxylic acids is 1. The van der Waals surface area contributed by atoms with E-state index in [1.807, 2.05) is 11.8 Å². The van der Waals surface area contributed by atoms with Gasteiger partial charge in [0, 0.05) is 11.8 Å². The first-order chi connectivity index (χ1) is 8.69. The molecule has 2 rings (SSSR count). The average molecular weight is 271 g/mol. The van der Waals surface area contributed by atoms with E-state index in [0.29, 0.717) is 24.6 Å². The van der Waals surface area contributed by atoms with Gasteiger partial charge in [-0.2, -0.15) is 11.8 Å². The second-order valence-electron chi connectivity index (χ2n) is 5.12. The van der Waals surface area contributed by atoms with Gasteiger partial charge in [0.25, 0.3) is 0 Å². The fourth-order valence-electron chi connectivity index (χ4n) is 2.85. The Morgan fingerprint density at radius 2 is 2.17 bits per heavy atom. The molecular formula is C12H21N3O2S. The third-order valence-corrected chi connectivity index (χ3v) is 5.40. The van der Waals surface area contributed by atoms with Crippen LogP contribution < -0.4 is 11.1 Å². The molecule has 0 spiro atoms. The quantitative estimate of drug-likeness (QED) is 0.311. The summed E-state index contributed by atoms with van der Waals surface area (Å²) in [6.07, 6.45) is 5.70. The summed E-state index contributed by atoms with van der Waals surface area (Å²) >= 11 is 1.91. The Bertz CT molecular complexity index is 334. The van der Waals surface area contributed by atoms with Crippen LogP contribution in [0.15, 0.2) is 5.16 Å². The highest BCUT2D eigenvalue weighted by Gasteiger charge is 2.45. The van der Waals surface area contributed by atoms with Crippen LogP contribution in [0.5, 0.6) is 0 Å². The second-order valence-corrected chi connectivity index (χ2v) is 6.53. The lowest BCUT2D eigenvalue weighted by Crippen LogP contribution is -2.49. The zero-order chi connectivity index (χ0) is 13.0. The molecule has 102 valence electrons.